The minimum atomic E-state index is -0.775. The van der Waals surface area contributed by atoms with Gasteiger partial charge in [0.25, 0.3) is 0 Å². The summed E-state index contributed by atoms with van der Waals surface area (Å²) in [5, 5.41) is 3.28. The Hall–Kier alpha value is -1.04. The van der Waals surface area contributed by atoms with E-state index >= 15 is 0 Å². The second kappa shape index (κ2) is 7.29. The maximum absolute atomic E-state index is 14.0. The van der Waals surface area contributed by atoms with E-state index in [-0.39, 0.29) is 6.04 Å². The molecule has 1 aliphatic heterocycles. The normalized spacial score (nSPS) is 21.1. The third-order valence-electron chi connectivity index (χ3n) is 4.23. The first-order valence-corrected chi connectivity index (χ1v) is 7.59. The van der Waals surface area contributed by atoms with E-state index in [1.807, 2.05) is 6.92 Å². The fourth-order valence-corrected chi connectivity index (χ4v) is 2.97. The van der Waals surface area contributed by atoms with Crippen LogP contribution < -0.4 is 5.32 Å². The van der Waals surface area contributed by atoms with Crippen LogP contribution in [0.2, 0.25) is 0 Å². The van der Waals surface area contributed by atoms with E-state index in [1.54, 1.807) is 12.1 Å². The van der Waals surface area contributed by atoms with Gasteiger partial charge in [-0.25, -0.2) is 8.78 Å². The molecule has 1 N–H and O–H groups in total. The van der Waals surface area contributed by atoms with E-state index in [4.69, 9.17) is 0 Å². The maximum atomic E-state index is 14.0. The largest absolute Gasteiger partial charge is 0.309 e. The minimum absolute atomic E-state index is 0.174. The number of halogens is 2. The number of likely N-dealkylation sites (N-methyl/N-ethyl adjacent to an activating group) is 2. The molecule has 1 heterocycles. The molecule has 0 bridgehead atoms. The first kappa shape index (κ1) is 16.3. The third kappa shape index (κ3) is 3.99. The number of benzene rings is 1. The summed E-state index contributed by atoms with van der Waals surface area (Å²) in [5.41, 5.74) is 0.421. The lowest BCUT2D eigenvalue weighted by Crippen LogP contribution is -2.37. The number of rotatable bonds is 6. The number of hydrogen-bond acceptors (Lipinski definition) is 3. The van der Waals surface area contributed by atoms with Crippen LogP contribution in [0.25, 0.3) is 0 Å². The lowest BCUT2D eigenvalue weighted by molar-refractivity contribution is 0.249. The van der Waals surface area contributed by atoms with E-state index in [0.717, 1.165) is 26.1 Å². The lowest BCUT2D eigenvalue weighted by atomic mass is 10.1. The van der Waals surface area contributed by atoms with Crippen LogP contribution in [-0.2, 0) is 0 Å². The molecular weight excluding hydrogens is 272 g/mol. The molecule has 1 aromatic carbocycles. The van der Waals surface area contributed by atoms with Crippen molar-refractivity contribution in [2.75, 3.05) is 40.3 Å². The number of hydrogen-bond donors (Lipinski definition) is 1. The molecule has 2 rings (SSSR count). The van der Waals surface area contributed by atoms with Gasteiger partial charge in [-0.15, -0.1) is 0 Å². The van der Waals surface area contributed by atoms with E-state index in [2.05, 4.69) is 29.2 Å². The van der Waals surface area contributed by atoms with Crippen molar-refractivity contribution in [2.24, 2.45) is 0 Å². The van der Waals surface area contributed by atoms with Crippen molar-refractivity contribution in [2.45, 2.75) is 25.4 Å². The molecule has 0 amide bonds. The monoisotopic (exact) mass is 297 g/mol. The van der Waals surface area contributed by atoms with E-state index in [1.165, 1.54) is 6.07 Å². The summed E-state index contributed by atoms with van der Waals surface area (Å²) >= 11 is 0. The van der Waals surface area contributed by atoms with Crippen LogP contribution in [-0.4, -0.2) is 56.1 Å². The van der Waals surface area contributed by atoms with Gasteiger partial charge in [0.1, 0.15) is 0 Å². The molecule has 21 heavy (non-hydrogen) atoms. The summed E-state index contributed by atoms with van der Waals surface area (Å²) in [6.07, 6.45) is 1.12. The smallest absolute Gasteiger partial charge is 0.163 e. The summed E-state index contributed by atoms with van der Waals surface area (Å²) in [6, 6.07) is 4.78. The maximum Gasteiger partial charge on any atom is 0.163 e. The Bertz CT molecular complexity index is 465. The van der Waals surface area contributed by atoms with Gasteiger partial charge in [-0.1, -0.05) is 19.1 Å². The summed E-state index contributed by atoms with van der Waals surface area (Å²) in [7, 11) is 4.17. The molecule has 0 saturated carbocycles. The second-order valence-corrected chi connectivity index (χ2v) is 5.92. The predicted octanol–water partition coefficient (Wildman–Crippen LogP) is 2.25. The molecule has 0 aliphatic carbocycles. The van der Waals surface area contributed by atoms with Gasteiger partial charge >= 0.3 is 0 Å². The van der Waals surface area contributed by atoms with Crippen LogP contribution in [0.15, 0.2) is 18.2 Å². The summed E-state index contributed by atoms with van der Waals surface area (Å²) < 4.78 is 27.5. The molecule has 0 aromatic heterocycles. The molecule has 2 unspecified atom stereocenters. The number of nitrogens with zero attached hydrogens (tertiary/aromatic N) is 2. The summed E-state index contributed by atoms with van der Waals surface area (Å²) in [4.78, 5) is 4.55. The average molecular weight is 297 g/mol. The lowest BCUT2D eigenvalue weighted by Gasteiger charge is -2.26. The van der Waals surface area contributed by atoms with Crippen LogP contribution in [0.3, 0.4) is 0 Å². The Morgan fingerprint density at radius 2 is 2.14 bits per heavy atom. The van der Waals surface area contributed by atoms with Gasteiger partial charge in [0, 0.05) is 30.7 Å². The molecule has 3 nitrogen and oxygen atoms in total. The zero-order chi connectivity index (χ0) is 15.4. The SMILES string of the molecule is CCNC(CN1CCC(N(C)C)C1)c1cccc(F)c1F. The van der Waals surface area contributed by atoms with Crippen LogP contribution >= 0.6 is 0 Å². The Morgan fingerprint density at radius 3 is 2.76 bits per heavy atom. The van der Waals surface area contributed by atoms with Crippen molar-refractivity contribution < 1.29 is 8.78 Å². The van der Waals surface area contributed by atoms with E-state index in [0.29, 0.717) is 18.2 Å². The summed E-state index contributed by atoms with van der Waals surface area (Å²) in [5.74, 6) is -1.50. The molecule has 1 fully saturated rings. The first-order valence-electron chi connectivity index (χ1n) is 7.59. The van der Waals surface area contributed by atoms with Crippen molar-refractivity contribution in [1.82, 2.24) is 15.1 Å². The van der Waals surface area contributed by atoms with Gasteiger partial charge < -0.3 is 10.2 Å². The Morgan fingerprint density at radius 1 is 1.38 bits per heavy atom. The Labute approximate surface area is 125 Å². The quantitative estimate of drug-likeness (QED) is 0.869. The van der Waals surface area contributed by atoms with Crippen molar-refractivity contribution in [3.63, 3.8) is 0 Å². The van der Waals surface area contributed by atoms with Crippen LogP contribution in [0.4, 0.5) is 8.78 Å². The van der Waals surface area contributed by atoms with Gasteiger partial charge in [0.2, 0.25) is 0 Å². The topological polar surface area (TPSA) is 18.5 Å². The highest BCUT2D eigenvalue weighted by Crippen LogP contribution is 2.23. The van der Waals surface area contributed by atoms with Gasteiger partial charge in [-0.05, 0) is 39.7 Å². The van der Waals surface area contributed by atoms with Gasteiger partial charge in [-0.2, -0.15) is 0 Å². The standard InChI is InChI=1S/C16H25F2N3/c1-4-19-15(13-6-5-7-14(17)16(13)18)11-21-9-8-12(10-21)20(2)3/h5-7,12,15,19H,4,8-11H2,1-3H3. The molecule has 0 spiro atoms. The third-order valence-corrected chi connectivity index (χ3v) is 4.23. The highest BCUT2D eigenvalue weighted by molar-refractivity contribution is 5.23. The molecule has 5 heteroatoms. The number of likely N-dealkylation sites (tertiary alicyclic amines) is 1. The van der Waals surface area contributed by atoms with Crippen molar-refractivity contribution >= 4 is 0 Å². The predicted molar refractivity (Wildman–Crippen MR) is 81.3 cm³/mol. The molecule has 2 atom stereocenters. The van der Waals surface area contributed by atoms with Crippen molar-refractivity contribution in [1.29, 1.82) is 0 Å². The highest BCUT2D eigenvalue weighted by Gasteiger charge is 2.27. The van der Waals surface area contributed by atoms with Gasteiger partial charge in [0.15, 0.2) is 11.6 Å². The highest BCUT2D eigenvalue weighted by atomic mass is 19.2. The fourth-order valence-electron chi connectivity index (χ4n) is 2.97. The van der Waals surface area contributed by atoms with Crippen molar-refractivity contribution in [3.8, 4) is 0 Å². The van der Waals surface area contributed by atoms with Crippen LogP contribution in [0.5, 0.6) is 0 Å². The fraction of sp³-hybridized carbons (Fsp3) is 0.625. The second-order valence-electron chi connectivity index (χ2n) is 5.92. The van der Waals surface area contributed by atoms with Gasteiger partial charge in [-0.3, -0.25) is 4.90 Å². The number of nitrogens with one attached hydrogen (secondary N) is 1. The molecule has 1 aromatic rings. The average Bonchev–Trinajstić information content (AvgIpc) is 2.90. The molecule has 0 radical (unpaired) electrons. The van der Waals surface area contributed by atoms with Gasteiger partial charge in [0.05, 0.1) is 0 Å². The van der Waals surface area contributed by atoms with E-state index in [9.17, 15) is 8.78 Å². The zero-order valence-electron chi connectivity index (χ0n) is 13.1. The molecule has 118 valence electrons. The van der Waals surface area contributed by atoms with Crippen LogP contribution in [0.1, 0.15) is 24.9 Å². The first-order chi connectivity index (χ1) is 10.0. The summed E-state index contributed by atoms with van der Waals surface area (Å²) in [6.45, 7) is 5.40. The molecular formula is C16H25F2N3. The minimum Gasteiger partial charge on any atom is -0.309 e. The zero-order valence-corrected chi connectivity index (χ0v) is 13.1. The molecule has 1 saturated heterocycles. The van der Waals surface area contributed by atoms with Crippen molar-refractivity contribution in [3.05, 3.63) is 35.4 Å². The Kier molecular flexibility index (Phi) is 5.67. The Balaban J connectivity index is 2.08. The molecule has 1 aliphatic rings. The van der Waals surface area contributed by atoms with E-state index < -0.39 is 11.6 Å². The van der Waals surface area contributed by atoms with Crippen LogP contribution in [0, 0.1) is 11.6 Å².